The zero-order chi connectivity index (χ0) is 19.0. The maximum atomic E-state index is 13.4. The summed E-state index contributed by atoms with van der Waals surface area (Å²) >= 11 is 11.8. The van der Waals surface area contributed by atoms with E-state index in [1.54, 1.807) is 4.90 Å². The lowest BCUT2D eigenvalue weighted by Crippen LogP contribution is -2.54. The molecule has 1 amide bonds. The molecule has 4 rings (SSSR count). The van der Waals surface area contributed by atoms with Crippen LogP contribution >= 0.6 is 23.8 Å². The topological polar surface area (TPSA) is 35.9 Å². The lowest BCUT2D eigenvalue weighted by atomic mass is 9.95. The predicted molar refractivity (Wildman–Crippen MR) is 113 cm³/mol. The molecule has 0 aliphatic carbocycles. The molecule has 0 unspecified atom stereocenters. The van der Waals surface area contributed by atoms with E-state index in [4.69, 9.17) is 28.8 Å². The van der Waals surface area contributed by atoms with Crippen LogP contribution in [-0.2, 0) is 0 Å². The molecule has 138 valence electrons. The molecule has 2 aromatic rings. The van der Waals surface area contributed by atoms with Crippen LogP contribution in [0.15, 0.2) is 59.6 Å². The predicted octanol–water partition coefficient (Wildman–Crippen LogP) is 4.03. The van der Waals surface area contributed by atoms with Crippen LogP contribution < -0.4 is 0 Å². The number of carbonyl (C=O) groups is 1. The minimum atomic E-state index is -0.606. The van der Waals surface area contributed by atoms with Gasteiger partial charge in [-0.05, 0) is 31.3 Å². The summed E-state index contributed by atoms with van der Waals surface area (Å²) in [7, 11) is 2.09. The number of likely N-dealkylation sites (tertiary alicyclic amines) is 1. The van der Waals surface area contributed by atoms with Crippen LogP contribution in [0, 0.1) is 0 Å². The first-order chi connectivity index (χ1) is 13.0. The van der Waals surface area contributed by atoms with Gasteiger partial charge in [0.25, 0.3) is 5.91 Å². The standard InChI is InChI=1S/C21H20ClN3OS/c1-24-13-11-21(12-14-24)23-18(15-7-9-17(22)10-8-15)20(27)25(21)19(26)16-5-3-2-4-6-16/h2-10H,11-14H2,1H3. The third kappa shape index (κ3) is 3.31. The number of hydrogen-bond acceptors (Lipinski definition) is 4. The number of piperidine rings is 1. The Bertz CT molecular complexity index is 903. The molecule has 0 atom stereocenters. The summed E-state index contributed by atoms with van der Waals surface area (Å²) in [6.07, 6.45) is 1.53. The number of amides is 1. The SMILES string of the molecule is CN1CCC2(CC1)N=C(c1ccc(Cl)cc1)C(=S)N2C(=O)c1ccccc1. The largest absolute Gasteiger partial charge is 0.306 e. The lowest BCUT2D eigenvalue weighted by Gasteiger charge is -2.41. The van der Waals surface area contributed by atoms with E-state index in [9.17, 15) is 4.79 Å². The third-order valence-electron chi connectivity index (χ3n) is 5.27. The number of rotatable bonds is 2. The minimum absolute atomic E-state index is 0.0853. The van der Waals surface area contributed by atoms with Gasteiger partial charge in [-0.3, -0.25) is 14.7 Å². The molecule has 0 aromatic heterocycles. The highest BCUT2D eigenvalue weighted by molar-refractivity contribution is 7.82. The number of halogens is 1. The van der Waals surface area contributed by atoms with Gasteiger partial charge in [0.1, 0.15) is 16.4 Å². The summed E-state index contributed by atoms with van der Waals surface area (Å²) < 4.78 is 0. The van der Waals surface area contributed by atoms with E-state index in [1.165, 1.54) is 0 Å². The van der Waals surface area contributed by atoms with Crippen molar-refractivity contribution in [2.45, 2.75) is 18.5 Å². The molecule has 2 aliphatic heterocycles. The van der Waals surface area contributed by atoms with Crippen molar-refractivity contribution in [3.63, 3.8) is 0 Å². The van der Waals surface area contributed by atoms with Crippen LogP contribution in [0.1, 0.15) is 28.8 Å². The molecule has 1 fully saturated rings. The van der Waals surface area contributed by atoms with E-state index >= 15 is 0 Å². The monoisotopic (exact) mass is 397 g/mol. The Morgan fingerprint density at radius 3 is 2.33 bits per heavy atom. The lowest BCUT2D eigenvalue weighted by molar-refractivity contribution is 0.0571. The second kappa shape index (κ2) is 7.15. The van der Waals surface area contributed by atoms with Crippen molar-refractivity contribution >= 4 is 40.4 Å². The quantitative estimate of drug-likeness (QED) is 0.717. The van der Waals surface area contributed by atoms with Crippen molar-refractivity contribution in [2.75, 3.05) is 20.1 Å². The first-order valence-electron chi connectivity index (χ1n) is 8.98. The van der Waals surface area contributed by atoms with Gasteiger partial charge >= 0.3 is 0 Å². The second-order valence-electron chi connectivity index (χ2n) is 7.06. The molecule has 0 bridgehead atoms. The molecule has 2 heterocycles. The molecule has 2 aliphatic rings. The first kappa shape index (κ1) is 18.3. The molecule has 6 heteroatoms. The van der Waals surface area contributed by atoms with Crippen molar-refractivity contribution in [3.8, 4) is 0 Å². The van der Waals surface area contributed by atoms with Crippen molar-refractivity contribution < 1.29 is 4.79 Å². The Morgan fingerprint density at radius 1 is 1.07 bits per heavy atom. The summed E-state index contributed by atoms with van der Waals surface area (Å²) in [5.41, 5.74) is 1.62. The van der Waals surface area contributed by atoms with Gasteiger partial charge in [-0.25, -0.2) is 0 Å². The van der Waals surface area contributed by atoms with E-state index in [0.29, 0.717) is 21.3 Å². The molecular weight excluding hydrogens is 378 g/mol. The maximum Gasteiger partial charge on any atom is 0.260 e. The van der Waals surface area contributed by atoms with E-state index in [0.717, 1.165) is 31.5 Å². The van der Waals surface area contributed by atoms with E-state index in [2.05, 4.69) is 11.9 Å². The molecular formula is C21H20ClN3OS. The number of nitrogens with zero attached hydrogens (tertiary/aromatic N) is 3. The zero-order valence-electron chi connectivity index (χ0n) is 15.1. The number of aliphatic imine (C=N–C) groups is 1. The summed E-state index contributed by atoms with van der Waals surface area (Å²) in [5.74, 6) is -0.0853. The Hall–Kier alpha value is -2.08. The summed E-state index contributed by atoms with van der Waals surface area (Å²) in [5, 5.41) is 0.662. The fourth-order valence-corrected chi connectivity index (χ4v) is 4.24. The molecule has 0 saturated carbocycles. The van der Waals surface area contributed by atoms with Gasteiger partial charge in [-0.1, -0.05) is 54.2 Å². The highest BCUT2D eigenvalue weighted by atomic mass is 35.5. The van der Waals surface area contributed by atoms with Gasteiger partial charge in [-0.15, -0.1) is 0 Å². The van der Waals surface area contributed by atoms with Gasteiger partial charge < -0.3 is 4.90 Å². The Balaban J connectivity index is 1.77. The molecule has 1 spiro atoms. The van der Waals surface area contributed by atoms with Crippen molar-refractivity contribution in [1.29, 1.82) is 0 Å². The van der Waals surface area contributed by atoms with Crippen molar-refractivity contribution in [2.24, 2.45) is 4.99 Å². The van der Waals surface area contributed by atoms with Gasteiger partial charge in [0.15, 0.2) is 0 Å². The highest BCUT2D eigenvalue weighted by Crippen LogP contribution is 2.37. The number of thiocarbonyl (C=S) groups is 1. The summed E-state index contributed by atoms with van der Waals surface area (Å²) in [6.45, 7) is 1.75. The van der Waals surface area contributed by atoms with Gasteiger partial charge in [-0.2, -0.15) is 0 Å². The van der Waals surface area contributed by atoms with Crippen LogP contribution in [0.2, 0.25) is 5.02 Å². The van der Waals surface area contributed by atoms with Crippen LogP contribution in [0.25, 0.3) is 0 Å². The smallest absolute Gasteiger partial charge is 0.260 e. The average Bonchev–Trinajstić information content (AvgIpc) is 2.97. The molecule has 27 heavy (non-hydrogen) atoms. The van der Waals surface area contributed by atoms with Crippen molar-refractivity contribution in [3.05, 3.63) is 70.7 Å². The number of carbonyl (C=O) groups excluding carboxylic acids is 1. The highest BCUT2D eigenvalue weighted by Gasteiger charge is 2.49. The van der Waals surface area contributed by atoms with Crippen molar-refractivity contribution in [1.82, 2.24) is 9.80 Å². The van der Waals surface area contributed by atoms with Gasteiger partial charge in [0, 0.05) is 42.1 Å². The molecule has 0 radical (unpaired) electrons. The second-order valence-corrected chi connectivity index (χ2v) is 7.89. The normalized spacial score (nSPS) is 19.4. The molecule has 0 N–H and O–H groups in total. The van der Waals surface area contributed by atoms with Gasteiger partial charge in [0.05, 0.1) is 0 Å². The van der Waals surface area contributed by atoms with Crippen LogP contribution in [-0.4, -0.2) is 52.2 Å². The fraction of sp³-hybridized carbons (Fsp3) is 0.286. The van der Waals surface area contributed by atoms with E-state index < -0.39 is 5.66 Å². The maximum absolute atomic E-state index is 13.4. The van der Waals surface area contributed by atoms with E-state index in [1.807, 2.05) is 54.6 Å². The van der Waals surface area contributed by atoms with Crippen LogP contribution in [0.5, 0.6) is 0 Å². The van der Waals surface area contributed by atoms with E-state index in [-0.39, 0.29) is 5.91 Å². The Labute approximate surface area is 169 Å². The summed E-state index contributed by atoms with van der Waals surface area (Å²) in [6, 6.07) is 16.8. The Kier molecular flexibility index (Phi) is 4.84. The third-order valence-corrected chi connectivity index (χ3v) is 5.90. The van der Waals surface area contributed by atoms with Gasteiger partial charge in [0.2, 0.25) is 0 Å². The summed E-state index contributed by atoms with van der Waals surface area (Å²) in [4.78, 5) is 22.9. The zero-order valence-corrected chi connectivity index (χ0v) is 16.6. The minimum Gasteiger partial charge on any atom is -0.306 e. The first-order valence-corrected chi connectivity index (χ1v) is 9.77. The number of hydrogen-bond donors (Lipinski definition) is 0. The Morgan fingerprint density at radius 2 is 1.70 bits per heavy atom. The van der Waals surface area contributed by atoms with Crippen LogP contribution in [0.3, 0.4) is 0 Å². The molecule has 2 aromatic carbocycles. The molecule has 4 nitrogen and oxygen atoms in total. The average molecular weight is 398 g/mol. The number of benzene rings is 2. The molecule has 1 saturated heterocycles. The fourth-order valence-electron chi connectivity index (χ4n) is 3.70. The van der Waals surface area contributed by atoms with Crippen LogP contribution in [0.4, 0.5) is 0 Å².